The number of hydrogen-bond acceptors (Lipinski definition) is 2. The van der Waals surface area contributed by atoms with Crippen molar-refractivity contribution in [1.82, 2.24) is 5.32 Å². The number of rotatable bonds is 8. The van der Waals surface area contributed by atoms with E-state index >= 15 is 0 Å². The molecule has 2 heteroatoms. The third-order valence-corrected chi connectivity index (χ3v) is 4.58. The first kappa shape index (κ1) is 16.6. The smallest absolute Gasteiger partial charge is 0.0409 e. The molecule has 1 aromatic rings. The Morgan fingerprint density at radius 3 is 2.05 bits per heavy atom. The molecule has 108 valence electrons. The third-order valence-electron chi connectivity index (χ3n) is 3.11. The highest BCUT2D eigenvalue weighted by Gasteiger charge is 2.09. The molecule has 0 aromatic heterocycles. The zero-order chi connectivity index (χ0) is 14.3. The summed E-state index contributed by atoms with van der Waals surface area (Å²) in [5, 5.41) is 3.43. The number of thioether (sulfide) groups is 1. The Balaban J connectivity index is 2.55. The molecule has 0 saturated heterocycles. The maximum Gasteiger partial charge on any atom is 0.0409 e. The highest BCUT2D eigenvalue weighted by molar-refractivity contribution is 7.99. The van der Waals surface area contributed by atoms with E-state index in [0.29, 0.717) is 6.04 Å². The second-order valence-electron chi connectivity index (χ2n) is 6.11. The highest BCUT2D eigenvalue weighted by Crippen LogP contribution is 2.21. The summed E-state index contributed by atoms with van der Waals surface area (Å²) < 4.78 is 0. The van der Waals surface area contributed by atoms with Gasteiger partial charge in [0.2, 0.25) is 0 Å². The summed E-state index contributed by atoms with van der Waals surface area (Å²) in [4.78, 5) is 0. The van der Waals surface area contributed by atoms with Crippen LogP contribution in [0.1, 0.15) is 44.9 Å². The van der Waals surface area contributed by atoms with Gasteiger partial charge in [-0.05, 0) is 42.2 Å². The molecule has 1 nitrogen and oxygen atoms in total. The molecule has 0 heterocycles. The van der Waals surface area contributed by atoms with Crippen molar-refractivity contribution in [2.45, 2.75) is 40.2 Å². The minimum atomic E-state index is 0.469. The van der Waals surface area contributed by atoms with Crippen molar-refractivity contribution in [2.75, 3.05) is 18.6 Å². The van der Waals surface area contributed by atoms with E-state index in [1.165, 1.54) is 23.3 Å². The monoisotopic (exact) mass is 279 g/mol. The molecule has 1 unspecified atom stereocenters. The summed E-state index contributed by atoms with van der Waals surface area (Å²) in [6.45, 7) is 9.10. The molecule has 0 spiro atoms. The number of hydrogen-bond donors (Lipinski definition) is 1. The summed E-state index contributed by atoms with van der Waals surface area (Å²) in [6, 6.07) is 9.61. The van der Waals surface area contributed by atoms with Gasteiger partial charge in [-0.3, -0.25) is 0 Å². The van der Waals surface area contributed by atoms with E-state index in [9.17, 15) is 0 Å². The number of benzene rings is 1. The largest absolute Gasteiger partial charge is 0.312 e. The molecule has 1 atom stereocenters. The molecule has 1 rings (SSSR count). The lowest BCUT2D eigenvalue weighted by Gasteiger charge is -2.17. The minimum absolute atomic E-state index is 0.469. The van der Waals surface area contributed by atoms with Gasteiger partial charge in [0, 0.05) is 11.8 Å². The zero-order valence-corrected chi connectivity index (χ0v) is 13.9. The van der Waals surface area contributed by atoms with Crippen molar-refractivity contribution in [3.63, 3.8) is 0 Å². The van der Waals surface area contributed by atoms with E-state index in [0.717, 1.165) is 17.6 Å². The molecule has 0 aliphatic heterocycles. The van der Waals surface area contributed by atoms with Crippen molar-refractivity contribution >= 4 is 11.8 Å². The van der Waals surface area contributed by atoms with Crippen LogP contribution in [0.5, 0.6) is 0 Å². The van der Waals surface area contributed by atoms with Crippen LogP contribution in [0.4, 0.5) is 0 Å². The van der Waals surface area contributed by atoms with Crippen LogP contribution >= 0.6 is 11.8 Å². The van der Waals surface area contributed by atoms with Gasteiger partial charge in [0.1, 0.15) is 0 Å². The van der Waals surface area contributed by atoms with Gasteiger partial charge in [0.05, 0.1) is 0 Å². The molecule has 1 N–H and O–H groups in total. The van der Waals surface area contributed by atoms with Gasteiger partial charge in [-0.25, -0.2) is 0 Å². The molecule has 0 aliphatic rings. The predicted molar refractivity (Wildman–Crippen MR) is 88.9 cm³/mol. The van der Waals surface area contributed by atoms with Gasteiger partial charge in [-0.1, -0.05) is 52.0 Å². The van der Waals surface area contributed by atoms with Crippen LogP contribution in [0.25, 0.3) is 0 Å². The lowest BCUT2D eigenvalue weighted by molar-refractivity contribution is 0.643. The molecule has 0 amide bonds. The first-order valence-corrected chi connectivity index (χ1v) is 8.52. The topological polar surface area (TPSA) is 12.0 Å². The van der Waals surface area contributed by atoms with E-state index in [1.54, 1.807) is 0 Å². The first-order chi connectivity index (χ1) is 9.02. The minimum Gasteiger partial charge on any atom is -0.312 e. The van der Waals surface area contributed by atoms with Crippen molar-refractivity contribution in [3.05, 3.63) is 35.4 Å². The lowest BCUT2D eigenvalue weighted by Crippen LogP contribution is -2.19. The Labute approximate surface area is 123 Å². The Kier molecular flexibility index (Phi) is 7.55. The molecule has 0 radical (unpaired) electrons. The van der Waals surface area contributed by atoms with Gasteiger partial charge in [-0.2, -0.15) is 11.8 Å². The zero-order valence-electron chi connectivity index (χ0n) is 13.1. The van der Waals surface area contributed by atoms with Gasteiger partial charge in [0.25, 0.3) is 0 Å². The van der Waals surface area contributed by atoms with Crippen LogP contribution in [0.3, 0.4) is 0 Å². The lowest BCUT2D eigenvalue weighted by atomic mass is 10.00. The summed E-state index contributed by atoms with van der Waals surface area (Å²) in [7, 11) is 2.06. The summed E-state index contributed by atoms with van der Waals surface area (Å²) in [5.41, 5.74) is 2.86. The Hall–Kier alpha value is -0.470. The third kappa shape index (κ3) is 6.49. The van der Waals surface area contributed by atoms with Crippen molar-refractivity contribution in [2.24, 2.45) is 11.8 Å². The Morgan fingerprint density at radius 2 is 1.58 bits per heavy atom. The van der Waals surface area contributed by atoms with Gasteiger partial charge >= 0.3 is 0 Å². The summed E-state index contributed by atoms with van der Waals surface area (Å²) in [5.74, 6) is 3.89. The normalized spacial score (nSPS) is 13.2. The standard InChI is InChI=1S/C17H29NS/c1-13(2)10-15-6-8-16(9-7-15)17(18-5)12-19-11-14(3)4/h6-9,13-14,17-18H,10-12H2,1-5H3. The average molecular weight is 279 g/mol. The van der Waals surface area contributed by atoms with Gasteiger partial charge < -0.3 is 5.32 Å². The Morgan fingerprint density at radius 1 is 0.947 bits per heavy atom. The van der Waals surface area contributed by atoms with Crippen LogP contribution in [-0.4, -0.2) is 18.6 Å². The molecule has 0 aliphatic carbocycles. The second-order valence-corrected chi connectivity index (χ2v) is 7.19. The molecule has 1 aromatic carbocycles. The van der Waals surface area contributed by atoms with Gasteiger partial charge in [-0.15, -0.1) is 0 Å². The van der Waals surface area contributed by atoms with E-state index in [4.69, 9.17) is 0 Å². The second kappa shape index (κ2) is 8.65. The van der Waals surface area contributed by atoms with E-state index in [-0.39, 0.29) is 0 Å². The van der Waals surface area contributed by atoms with Crippen LogP contribution in [0.15, 0.2) is 24.3 Å². The van der Waals surface area contributed by atoms with E-state index in [2.05, 4.69) is 64.3 Å². The van der Waals surface area contributed by atoms with Crippen molar-refractivity contribution in [1.29, 1.82) is 0 Å². The quantitative estimate of drug-likeness (QED) is 0.750. The molecular weight excluding hydrogens is 250 g/mol. The summed E-state index contributed by atoms with van der Waals surface area (Å²) in [6.07, 6.45) is 1.17. The first-order valence-electron chi connectivity index (χ1n) is 7.36. The van der Waals surface area contributed by atoms with Crippen molar-refractivity contribution < 1.29 is 0 Å². The Bertz CT molecular complexity index is 343. The summed E-state index contributed by atoms with van der Waals surface area (Å²) >= 11 is 2.04. The maximum absolute atomic E-state index is 3.43. The average Bonchev–Trinajstić information content (AvgIpc) is 2.35. The van der Waals surface area contributed by atoms with Gasteiger partial charge in [0.15, 0.2) is 0 Å². The van der Waals surface area contributed by atoms with Crippen LogP contribution in [-0.2, 0) is 6.42 Å². The molecule has 0 saturated carbocycles. The predicted octanol–water partition coefficient (Wildman–Crippen LogP) is 4.53. The van der Waals surface area contributed by atoms with Crippen LogP contribution in [0, 0.1) is 11.8 Å². The highest BCUT2D eigenvalue weighted by atomic mass is 32.2. The fourth-order valence-corrected chi connectivity index (χ4v) is 3.33. The fourth-order valence-electron chi connectivity index (χ4n) is 2.13. The SMILES string of the molecule is CNC(CSCC(C)C)c1ccc(CC(C)C)cc1. The number of nitrogens with one attached hydrogen (secondary N) is 1. The molecule has 0 bridgehead atoms. The van der Waals surface area contributed by atoms with E-state index in [1.807, 2.05) is 11.8 Å². The van der Waals surface area contributed by atoms with E-state index < -0.39 is 0 Å². The molecule has 19 heavy (non-hydrogen) atoms. The van der Waals surface area contributed by atoms with Crippen LogP contribution < -0.4 is 5.32 Å². The molecule has 0 fully saturated rings. The fraction of sp³-hybridized carbons (Fsp3) is 0.647. The van der Waals surface area contributed by atoms with Crippen LogP contribution in [0.2, 0.25) is 0 Å². The molecular formula is C17H29NS. The maximum atomic E-state index is 3.43. The van der Waals surface area contributed by atoms with Crippen molar-refractivity contribution in [3.8, 4) is 0 Å².